The van der Waals surface area contributed by atoms with E-state index in [-0.39, 0.29) is 16.3 Å². The summed E-state index contributed by atoms with van der Waals surface area (Å²) >= 11 is 1.25. The van der Waals surface area contributed by atoms with Crippen LogP contribution in [-0.2, 0) is 9.59 Å². The van der Waals surface area contributed by atoms with Crippen molar-refractivity contribution in [3.8, 4) is 0 Å². The first-order chi connectivity index (χ1) is 8.47. The number of amides is 1. The molecule has 18 heavy (non-hydrogen) atoms. The monoisotopic (exact) mass is 264 g/mol. The highest BCUT2D eigenvalue weighted by molar-refractivity contribution is 8.14. The molecule has 0 aliphatic carbocycles. The summed E-state index contributed by atoms with van der Waals surface area (Å²) in [4.78, 5) is 24.8. The molecule has 2 N–H and O–H groups in total. The Labute approximate surface area is 111 Å². The standard InChI is InChI=1S/C13H16N2O2S/c1-8-5-10(14)3-4-12(8)15-7-11(6-13(15)17)18-9(2)16/h3-5,11H,6-7,14H2,1-2H3. The number of hydrogen-bond acceptors (Lipinski definition) is 4. The summed E-state index contributed by atoms with van der Waals surface area (Å²) in [6.07, 6.45) is 0.425. The molecule has 1 aliphatic heterocycles. The lowest BCUT2D eigenvalue weighted by Crippen LogP contribution is -2.25. The lowest BCUT2D eigenvalue weighted by Gasteiger charge is -2.19. The number of aryl methyl sites for hydroxylation is 1. The maximum Gasteiger partial charge on any atom is 0.228 e. The fourth-order valence-electron chi connectivity index (χ4n) is 2.20. The van der Waals surface area contributed by atoms with Gasteiger partial charge >= 0.3 is 0 Å². The Balaban J connectivity index is 2.19. The van der Waals surface area contributed by atoms with E-state index in [1.165, 1.54) is 18.7 Å². The summed E-state index contributed by atoms with van der Waals surface area (Å²) in [5.74, 6) is 0.0709. The van der Waals surface area contributed by atoms with Crippen LogP contribution in [0.2, 0.25) is 0 Å². The van der Waals surface area contributed by atoms with Gasteiger partial charge in [0.2, 0.25) is 5.91 Å². The molecule has 1 saturated heterocycles. The minimum absolute atomic E-state index is 0.0590. The van der Waals surface area contributed by atoms with Gasteiger partial charge in [-0.1, -0.05) is 11.8 Å². The molecule has 0 bridgehead atoms. The molecule has 1 heterocycles. The zero-order valence-corrected chi connectivity index (χ0v) is 11.3. The molecule has 5 heteroatoms. The Morgan fingerprint density at radius 1 is 1.50 bits per heavy atom. The van der Waals surface area contributed by atoms with Crippen molar-refractivity contribution in [3.05, 3.63) is 23.8 Å². The van der Waals surface area contributed by atoms with E-state index in [0.29, 0.717) is 18.7 Å². The third-order valence-corrected chi connectivity index (χ3v) is 3.91. The molecule has 96 valence electrons. The lowest BCUT2D eigenvalue weighted by molar-refractivity contribution is -0.117. The molecule has 0 aromatic heterocycles. The molecule has 1 aromatic carbocycles. The zero-order valence-electron chi connectivity index (χ0n) is 10.5. The van der Waals surface area contributed by atoms with Crippen LogP contribution in [0.1, 0.15) is 18.9 Å². The van der Waals surface area contributed by atoms with Crippen molar-refractivity contribution in [1.29, 1.82) is 0 Å². The maximum absolute atomic E-state index is 12.0. The first kappa shape index (κ1) is 13.0. The van der Waals surface area contributed by atoms with Crippen LogP contribution >= 0.6 is 11.8 Å². The van der Waals surface area contributed by atoms with E-state index in [0.717, 1.165) is 11.3 Å². The van der Waals surface area contributed by atoms with Crippen molar-refractivity contribution in [2.24, 2.45) is 0 Å². The largest absolute Gasteiger partial charge is 0.399 e. The van der Waals surface area contributed by atoms with Crippen LogP contribution in [0, 0.1) is 6.92 Å². The lowest BCUT2D eigenvalue weighted by atomic mass is 10.1. The van der Waals surface area contributed by atoms with Gasteiger partial charge in [-0.25, -0.2) is 0 Å². The molecular weight excluding hydrogens is 248 g/mol. The highest BCUT2D eigenvalue weighted by Gasteiger charge is 2.32. The summed E-state index contributed by atoms with van der Waals surface area (Å²) in [5.41, 5.74) is 8.27. The Morgan fingerprint density at radius 2 is 2.22 bits per heavy atom. The summed E-state index contributed by atoms with van der Waals surface area (Å²) in [7, 11) is 0. The molecule has 1 amide bonds. The van der Waals surface area contributed by atoms with E-state index in [4.69, 9.17) is 5.73 Å². The fourth-order valence-corrected chi connectivity index (χ4v) is 3.12. The minimum atomic E-state index is 0.0590. The number of thioether (sulfide) groups is 1. The Hall–Kier alpha value is -1.49. The van der Waals surface area contributed by atoms with Crippen LogP contribution < -0.4 is 10.6 Å². The van der Waals surface area contributed by atoms with Crippen LogP contribution in [-0.4, -0.2) is 22.8 Å². The number of carbonyl (C=O) groups is 2. The van der Waals surface area contributed by atoms with Crippen molar-refractivity contribution < 1.29 is 9.59 Å². The molecule has 2 rings (SSSR count). The summed E-state index contributed by atoms with van der Waals surface area (Å²) < 4.78 is 0. The summed E-state index contributed by atoms with van der Waals surface area (Å²) in [6, 6.07) is 5.51. The van der Waals surface area contributed by atoms with Gasteiger partial charge in [0, 0.05) is 36.5 Å². The quantitative estimate of drug-likeness (QED) is 0.829. The van der Waals surface area contributed by atoms with Gasteiger partial charge in [0.05, 0.1) is 0 Å². The van der Waals surface area contributed by atoms with Gasteiger partial charge in [0.25, 0.3) is 0 Å². The number of nitrogens with two attached hydrogens (primary N) is 1. The zero-order chi connectivity index (χ0) is 13.3. The molecule has 0 spiro atoms. The average molecular weight is 264 g/mol. The highest BCUT2D eigenvalue weighted by atomic mass is 32.2. The van der Waals surface area contributed by atoms with Crippen molar-refractivity contribution in [2.75, 3.05) is 17.2 Å². The van der Waals surface area contributed by atoms with E-state index in [2.05, 4.69) is 0 Å². The second-order valence-corrected chi connectivity index (χ2v) is 5.96. The number of rotatable bonds is 2. The van der Waals surface area contributed by atoms with E-state index >= 15 is 0 Å². The predicted octanol–water partition coefficient (Wildman–Crippen LogP) is 1.96. The van der Waals surface area contributed by atoms with Gasteiger partial charge in [0.15, 0.2) is 5.12 Å². The molecule has 1 aliphatic rings. The topological polar surface area (TPSA) is 63.4 Å². The van der Waals surface area contributed by atoms with Gasteiger partial charge in [0.1, 0.15) is 0 Å². The smallest absolute Gasteiger partial charge is 0.228 e. The van der Waals surface area contributed by atoms with Crippen molar-refractivity contribution in [3.63, 3.8) is 0 Å². The number of nitrogens with zero attached hydrogens (tertiary/aromatic N) is 1. The van der Waals surface area contributed by atoms with Crippen LogP contribution in [0.4, 0.5) is 11.4 Å². The first-order valence-electron chi connectivity index (χ1n) is 5.81. The second-order valence-electron chi connectivity index (χ2n) is 4.49. The van der Waals surface area contributed by atoms with Crippen LogP contribution in [0.5, 0.6) is 0 Å². The van der Waals surface area contributed by atoms with Gasteiger partial charge in [-0.3, -0.25) is 9.59 Å². The third kappa shape index (κ3) is 2.67. The van der Waals surface area contributed by atoms with E-state index in [1.807, 2.05) is 19.1 Å². The molecule has 4 nitrogen and oxygen atoms in total. The number of carbonyl (C=O) groups excluding carboxylic acids is 2. The van der Waals surface area contributed by atoms with Crippen molar-refractivity contribution >= 4 is 34.2 Å². The molecular formula is C13H16N2O2S. The normalized spacial score (nSPS) is 19.3. The summed E-state index contributed by atoms with van der Waals surface area (Å²) in [5, 5.41) is 0.121. The number of hydrogen-bond donors (Lipinski definition) is 1. The predicted molar refractivity (Wildman–Crippen MR) is 74.6 cm³/mol. The number of nitrogen functional groups attached to an aromatic ring is 1. The van der Waals surface area contributed by atoms with E-state index in [1.54, 1.807) is 11.0 Å². The second kappa shape index (κ2) is 5.02. The van der Waals surface area contributed by atoms with Gasteiger partial charge in [-0.15, -0.1) is 0 Å². The molecule has 1 aromatic rings. The van der Waals surface area contributed by atoms with Gasteiger partial charge in [-0.05, 0) is 30.7 Å². The van der Waals surface area contributed by atoms with Gasteiger partial charge < -0.3 is 10.6 Å². The number of benzene rings is 1. The Morgan fingerprint density at radius 3 is 2.83 bits per heavy atom. The van der Waals surface area contributed by atoms with Crippen molar-refractivity contribution in [2.45, 2.75) is 25.5 Å². The average Bonchev–Trinajstić information content (AvgIpc) is 2.58. The number of anilines is 2. The van der Waals surface area contributed by atoms with Crippen LogP contribution in [0.15, 0.2) is 18.2 Å². The Bertz CT molecular complexity index is 502. The molecule has 0 saturated carbocycles. The molecule has 1 atom stereocenters. The first-order valence-corrected chi connectivity index (χ1v) is 6.69. The highest BCUT2D eigenvalue weighted by Crippen LogP contribution is 2.31. The maximum atomic E-state index is 12.0. The fraction of sp³-hybridized carbons (Fsp3) is 0.385. The van der Waals surface area contributed by atoms with Crippen LogP contribution in [0.3, 0.4) is 0 Å². The SMILES string of the molecule is CC(=O)SC1CC(=O)N(c2ccc(N)cc2C)C1. The minimum Gasteiger partial charge on any atom is -0.399 e. The Kier molecular flexibility index (Phi) is 3.61. The van der Waals surface area contributed by atoms with E-state index < -0.39 is 0 Å². The van der Waals surface area contributed by atoms with Crippen LogP contribution in [0.25, 0.3) is 0 Å². The molecule has 1 unspecified atom stereocenters. The molecule has 0 radical (unpaired) electrons. The summed E-state index contributed by atoms with van der Waals surface area (Å²) in [6.45, 7) is 4.06. The molecule has 1 fully saturated rings. The van der Waals surface area contributed by atoms with E-state index in [9.17, 15) is 9.59 Å². The van der Waals surface area contributed by atoms with Gasteiger partial charge in [-0.2, -0.15) is 0 Å². The third-order valence-electron chi connectivity index (χ3n) is 2.93. The van der Waals surface area contributed by atoms with Crippen molar-refractivity contribution in [1.82, 2.24) is 0 Å².